The van der Waals surface area contributed by atoms with Crippen LogP contribution in [-0.2, 0) is 22.4 Å². The average Bonchev–Trinajstić information content (AvgIpc) is 3.37. The highest BCUT2D eigenvalue weighted by atomic mass is 16.7. The Bertz CT molecular complexity index is 932. The van der Waals surface area contributed by atoms with Crippen molar-refractivity contribution >= 4 is 5.97 Å². The van der Waals surface area contributed by atoms with Gasteiger partial charge in [0.05, 0.1) is 33.9 Å². The molecule has 4 rings (SSSR count). The number of hydrogen-bond donors (Lipinski definition) is 1. The van der Waals surface area contributed by atoms with Crippen molar-refractivity contribution in [3.05, 3.63) is 41.5 Å². The van der Waals surface area contributed by atoms with E-state index in [1.807, 2.05) is 30.3 Å². The monoisotopic (exact) mass is 430 g/mol. The Labute approximate surface area is 180 Å². The molecular formula is C23H26O8. The summed E-state index contributed by atoms with van der Waals surface area (Å²) < 4.78 is 32.6. The number of carbonyl (C=O) groups is 1. The smallest absolute Gasteiger partial charge is 0.310 e. The van der Waals surface area contributed by atoms with Gasteiger partial charge in [0.1, 0.15) is 6.10 Å². The predicted octanol–water partition coefficient (Wildman–Crippen LogP) is 2.38. The molecule has 0 radical (unpaired) electrons. The molecule has 0 aliphatic carbocycles. The first-order chi connectivity index (χ1) is 15.1. The summed E-state index contributed by atoms with van der Waals surface area (Å²) in [7, 11) is 4.66. The number of fused-ring (bicyclic) bond motifs is 1. The molecule has 31 heavy (non-hydrogen) atoms. The number of cyclic esters (lactones) is 1. The van der Waals surface area contributed by atoms with Gasteiger partial charge in [-0.1, -0.05) is 6.07 Å². The Morgan fingerprint density at radius 2 is 1.65 bits per heavy atom. The van der Waals surface area contributed by atoms with Crippen LogP contribution in [0.3, 0.4) is 0 Å². The molecule has 0 amide bonds. The molecule has 2 aliphatic heterocycles. The van der Waals surface area contributed by atoms with Crippen LogP contribution in [-0.4, -0.2) is 51.9 Å². The summed E-state index contributed by atoms with van der Waals surface area (Å²) in [6.45, 7) is -0.0426. The fraction of sp³-hybridized carbons (Fsp3) is 0.435. The van der Waals surface area contributed by atoms with Crippen molar-refractivity contribution in [3.8, 4) is 28.7 Å². The van der Waals surface area contributed by atoms with Crippen molar-refractivity contribution in [1.29, 1.82) is 0 Å². The largest absolute Gasteiger partial charge is 0.493 e. The Morgan fingerprint density at radius 3 is 2.29 bits per heavy atom. The highest BCUT2D eigenvalue weighted by molar-refractivity contribution is 5.76. The zero-order chi connectivity index (χ0) is 22.0. The van der Waals surface area contributed by atoms with Crippen molar-refractivity contribution in [3.63, 3.8) is 0 Å². The van der Waals surface area contributed by atoms with E-state index in [9.17, 15) is 9.90 Å². The van der Waals surface area contributed by atoms with E-state index in [4.69, 9.17) is 28.4 Å². The van der Waals surface area contributed by atoms with Gasteiger partial charge in [-0.25, -0.2) is 0 Å². The van der Waals surface area contributed by atoms with Gasteiger partial charge in [-0.05, 0) is 48.2 Å². The Kier molecular flexibility index (Phi) is 6.08. The van der Waals surface area contributed by atoms with Crippen LogP contribution in [0.15, 0.2) is 30.3 Å². The standard InChI is InChI=1S/C23H26O8/c1-26-19-9-14(10-20(27-2)22(19)28-3)7-15-16(23(25)31-21(15)11-24)6-13-4-5-17-18(8-13)30-12-29-17/h4-5,8-10,15-16,21,24H,6-7,11-12H2,1-3H3. The number of aliphatic hydroxyl groups is 1. The topological polar surface area (TPSA) is 92.7 Å². The normalized spacial score (nSPS) is 21.7. The number of hydrogen-bond acceptors (Lipinski definition) is 8. The molecule has 8 nitrogen and oxygen atoms in total. The van der Waals surface area contributed by atoms with Gasteiger partial charge in [0.25, 0.3) is 0 Å². The van der Waals surface area contributed by atoms with Crippen LogP contribution in [0, 0.1) is 11.8 Å². The first-order valence-corrected chi connectivity index (χ1v) is 10.1. The molecule has 1 fully saturated rings. The number of esters is 1. The van der Waals surface area contributed by atoms with Crippen LogP contribution in [0.25, 0.3) is 0 Å². The third-order valence-electron chi connectivity index (χ3n) is 5.83. The third kappa shape index (κ3) is 4.07. The molecule has 3 atom stereocenters. The van der Waals surface area contributed by atoms with Crippen molar-refractivity contribution in [1.82, 2.24) is 0 Å². The maximum Gasteiger partial charge on any atom is 0.310 e. The van der Waals surface area contributed by atoms with Gasteiger partial charge in [-0.2, -0.15) is 0 Å². The number of rotatable bonds is 8. The summed E-state index contributed by atoms with van der Waals surface area (Å²) in [5, 5.41) is 9.84. The first kappa shape index (κ1) is 21.1. The minimum Gasteiger partial charge on any atom is -0.493 e. The molecular weight excluding hydrogens is 404 g/mol. The van der Waals surface area contributed by atoms with Crippen LogP contribution in [0.2, 0.25) is 0 Å². The number of carbonyl (C=O) groups excluding carboxylic acids is 1. The summed E-state index contributed by atoms with van der Waals surface area (Å²) >= 11 is 0. The average molecular weight is 430 g/mol. The molecule has 0 spiro atoms. The second-order valence-corrected chi connectivity index (χ2v) is 7.56. The molecule has 0 aromatic heterocycles. The second kappa shape index (κ2) is 8.93. The van der Waals surface area contributed by atoms with Crippen molar-refractivity contribution in [2.75, 3.05) is 34.7 Å². The SMILES string of the molecule is COc1cc(CC2C(CO)OC(=O)C2Cc2ccc3c(c2)OCO3)cc(OC)c1OC. The maximum atomic E-state index is 12.7. The summed E-state index contributed by atoms with van der Waals surface area (Å²) in [4.78, 5) is 12.7. The van der Waals surface area contributed by atoms with Gasteiger partial charge < -0.3 is 33.5 Å². The van der Waals surface area contributed by atoms with Crippen LogP contribution in [0.1, 0.15) is 11.1 Å². The molecule has 1 saturated heterocycles. The van der Waals surface area contributed by atoms with Gasteiger partial charge in [0, 0.05) is 5.92 Å². The second-order valence-electron chi connectivity index (χ2n) is 7.56. The van der Waals surface area contributed by atoms with Crippen LogP contribution < -0.4 is 23.7 Å². The van der Waals surface area contributed by atoms with E-state index in [0.29, 0.717) is 41.6 Å². The lowest BCUT2D eigenvalue weighted by molar-refractivity contribution is -0.145. The molecule has 1 N–H and O–H groups in total. The van der Waals surface area contributed by atoms with E-state index in [2.05, 4.69) is 0 Å². The van der Waals surface area contributed by atoms with E-state index in [1.54, 1.807) is 21.3 Å². The van der Waals surface area contributed by atoms with Crippen molar-refractivity contribution in [2.24, 2.45) is 11.8 Å². The highest BCUT2D eigenvalue weighted by Crippen LogP contribution is 2.41. The number of aliphatic hydroxyl groups excluding tert-OH is 1. The lowest BCUT2D eigenvalue weighted by Gasteiger charge is -2.21. The first-order valence-electron chi connectivity index (χ1n) is 10.1. The molecule has 2 aliphatic rings. The quantitative estimate of drug-likeness (QED) is 0.638. The fourth-order valence-corrected chi connectivity index (χ4v) is 4.29. The fourth-order valence-electron chi connectivity index (χ4n) is 4.29. The summed E-state index contributed by atoms with van der Waals surface area (Å²) in [5.74, 6) is 2.01. The van der Waals surface area contributed by atoms with Gasteiger partial charge >= 0.3 is 5.97 Å². The van der Waals surface area contributed by atoms with E-state index >= 15 is 0 Å². The lowest BCUT2D eigenvalue weighted by atomic mass is 9.81. The van der Waals surface area contributed by atoms with Gasteiger partial charge in [-0.3, -0.25) is 4.79 Å². The summed E-state index contributed by atoms with van der Waals surface area (Å²) in [6.07, 6.45) is 0.398. The summed E-state index contributed by atoms with van der Waals surface area (Å²) in [6, 6.07) is 9.37. The molecule has 0 bridgehead atoms. The Hall–Kier alpha value is -3.13. The number of ether oxygens (including phenoxy) is 6. The number of methoxy groups -OCH3 is 3. The summed E-state index contributed by atoms with van der Waals surface area (Å²) in [5.41, 5.74) is 1.84. The van der Waals surface area contributed by atoms with Gasteiger partial charge in [0.2, 0.25) is 12.5 Å². The third-order valence-corrected chi connectivity index (χ3v) is 5.83. The van der Waals surface area contributed by atoms with Crippen LogP contribution in [0.5, 0.6) is 28.7 Å². The predicted molar refractivity (Wildman–Crippen MR) is 110 cm³/mol. The van der Waals surface area contributed by atoms with Gasteiger partial charge in [0.15, 0.2) is 23.0 Å². The molecule has 0 saturated carbocycles. The Morgan fingerprint density at radius 1 is 0.935 bits per heavy atom. The molecule has 2 aromatic carbocycles. The van der Waals surface area contributed by atoms with E-state index in [0.717, 1.165) is 11.1 Å². The zero-order valence-corrected chi connectivity index (χ0v) is 17.8. The minimum absolute atomic E-state index is 0.195. The van der Waals surface area contributed by atoms with Crippen LogP contribution >= 0.6 is 0 Å². The zero-order valence-electron chi connectivity index (χ0n) is 17.8. The maximum absolute atomic E-state index is 12.7. The van der Waals surface area contributed by atoms with Gasteiger partial charge in [-0.15, -0.1) is 0 Å². The molecule has 166 valence electrons. The number of benzene rings is 2. The van der Waals surface area contributed by atoms with E-state index in [1.165, 1.54) is 0 Å². The molecule has 2 heterocycles. The van der Waals surface area contributed by atoms with Crippen molar-refractivity contribution < 1.29 is 38.3 Å². The lowest BCUT2D eigenvalue weighted by Crippen LogP contribution is -2.27. The van der Waals surface area contributed by atoms with Crippen LogP contribution in [0.4, 0.5) is 0 Å². The van der Waals surface area contributed by atoms with E-state index in [-0.39, 0.29) is 25.3 Å². The minimum atomic E-state index is -0.578. The highest BCUT2D eigenvalue weighted by Gasteiger charge is 2.44. The molecule has 8 heteroatoms. The molecule has 3 unspecified atom stereocenters. The Balaban J connectivity index is 1.61. The van der Waals surface area contributed by atoms with E-state index < -0.39 is 12.0 Å². The van der Waals surface area contributed by atoms with Crippen molar-refractivity contribution in [2.45, 2.75) is 18.9 Å². The molecule has 2 aromatic rings.